The van der Waals surface area contributed by atoms with Crippen LogP contribution in [0.15, 0.2) is 53.9 Å². The average Bonchev–Trinajstić information content (AvgIpc) is 3.13. The number of H-pyrrole nitrogens is 1. The Kier molecular flexibility index (Phi) is 6.59. The van der Waals surface area contributed by atoms with Gasteiger partial charge in [0, 0.05) is 35.7 Å². The molecule has 0 atom stereocenters. The van der Waals surface area contributed by atoms with E-state index >= 15 is 0 Å². The van der Waals surface area contributed by atoms with Crippen LogP contribution in [0.5, 0.6) is 0 Å². The molecular weight excluding hydrogens is 365 g/mol. The first-order chi connectivity index (χ1) is 13.2. The van der Waals surface area contributed by atoms with Crippen LogP contribution < -0.4 is 0 Å². The number of benzene rings is 1. The molecule has 3 rings (SSSR count). The molecule has 27 heavy (non-hydrogen) atoms. The molecule has 0 spiro atoms. The summed E-state index contributed by atoms with van der Waals surface area (Å²) >= 11 is 1.60. The van der Waals surface area contributed by atoms with Gasteiger partial charge in [0.25, 0.3) is 0 Å². The Labute approximate surface area is 161 Å². The van der Waals surface area contributed by atoms with Crippen molar-refractivity contribution in [1.29, 1.82) is 0 Å². The summed E-state index contributed by atoms with van der Waals surface area (Å²) in [4.78, 5) is 23.3. The molecule has 3 aromatic rings. The molecule has 0 aliphatic rings. The van der Waals surface area contributed by atoms with Gasteiger partial charge in [-0.2, -0.15) is 0 Å². The molecule has 0 amide bonds. The van der Waals surface area contributed by atoms with E-state index in [1.165, 1.54) is 19.2 Å². The second-order valence-corrected chi connectivity index (χ2v) is 6.97. The van der Waals surface area contributed by atoms with E-state index < -0.39 is 0 Å². The Morgan fingerprint density at radius 1 is 1.11 bits per heavy atom. The van der Waals surface area contributed by atoms with Gasteiger partial charge in [0.2, 0.25) is 0 Å². The van der Waals surface area contributed by atoms with Crippen molar-refractivity contribution < 1.29 is 13.9 Å². The first-order valence-electron chi connectivity index (χ1n) is 8.63. The fourth-order valence-electron chi connectivity index (χ4n) is 2.61. The molecule has 0 aliphatic heterocycles. The van der Waals surface area contributed by atoms with Gasteiger partial charge in [-0.15, -0.1) is 0 Å². The van der Waals surface area contributed by atoms with E-state index in [0.29, 0.717) is 6.42 Å². The summed E-state index contributed by atoms with van der Waals surface area (Å²) < 4.78 is 17.9. The number of esters is 1. The van der Waals surface area contributed by atoms with Gasteiger partial charge < -0.3 is 9.72 Å². The Balaban J connectivity index is 1.76. The highest BCUT2D eigenvalue weighted by Gasteiger charge is 2.14. The van der Waals surface area contributed by atoms with Gasteiger partial charge in [0.05, 0.1) is 18.5 Å². The summed E-state index contributed by atoms with van der Waals surface area (Å²) in [5.41, 5.74) is 3.46. The molecular formula is C20H20FN3O2S. The van der Waals surface area contributed by atoms with Crippen LogP contribution in [0.2, 0.25) is 0 Å². The van der Waals surface area contributed by atoms with Crippen LogP contribution in [-0.2, 0) is 9.53 Å². The molecule has 5 nitrogen and oxygen atoms in total. The van der Waals surface area contributed by atoms with Crippen molar-refractivity contribution in [2.75, 3.05) is 12.9 Å². The first-order valence-corrected chi connectivity index (χ1v) is 9.62. The lowest BCUT2D eigenvalue weighted by atomic mass is 10.1. The van der Waals surface area contributed by atoms with Crippen LogP contribution in [0.4, 0.5) is 4.39 Å². The maximum Gasteiger partial charge on any atom is 0.305 e. The summed E-state index contributed by atoms with van der Waals surface area (Å²) in [6.07, 6.45) is 5.55. The fraction of sp³-hybridized carbons (Fsp3) is 0.250. The second-order valence-electron chi connectivity index (χ2n) is 5.89. The van der Waals surface area contributed by atoms with E-state index in [1.807, 2.05) is 12.1 Å². The Morgan fingerprint density at radius 3 is 2.56 bits per heavy atom. The van der Waals surface area contributed by atoms with E-state index in [1.54, 1.807) is 36.3 Å². The number of carbonyl (C=O) groups is 1. The van der Waals surface area contributed by atoms with E-state index in [-0.39, 0.29) is 11.8 Å². The minimum Gasteiger partial charge on any atom is -0.469 e. The molecule has 0 bridgehead atoms. The molecule has 0 saturated heterocycles. The standard InChI is InChI=1S/C20H20FN3O2S/c1-26-17(25)4-2-3-13-27-20-23-18(14-5-7-16(21)8-6-14)19(24-20)15-9-11-22-12-10-15/h5-12H,2-4,13H2,1H3,(H,23,24). The summed E-state index contributed by atoms with van der Waals surface area (Å²) in [6, 6.07) is 10.1. The molecule has 0 saturated carbocycles. The number of unbranched alkanes of at least 4 members (excludes halogenated alkanes) is 1. The number of aromatic nitrogens is 3. The zero-order chi connectivity index (χ0) is 19.1. The zero-order valence-electron chi connectivity index (χ0n) is 14.9. The first kappa shape index (κ1) is 19.1. The molecule has 7 heteroatoms. The lowest BCUT2D eigenvalue weighted by Crippen LogP contribution is -1.99. The summed E-state index contributed by atoms with van der Waals surface area (Å²) in [6.45, 7) is 0. The summed E-state index contributed by atoms with van der Waals surface area (Å²) in [7, 11) is 1.40. The van der Waals surface area contributed by atoms with E-state index in [9.17, 15) is 9.18 Å². The maximum atomic E-state index is 13.3. The summed E-state index contributed by atoms with van der Waals surface area (Å²) in [5, 5.41) is 0.791. The number of imidazole rings is 1. The lowest BCUT2D eigenvalue weighted by Gasteiger charge is -2.02. The van der Waals surface area contributed by atoms with Crippen LogP contribution >= 0.6 is 11.8 Å². The van der Waals surface area contributed by atoms with Crippen LogP contribution in [0.1, 0.15) is 19.3 Å². The normalized spacial score (nSPS) is 10.7. The predicted octanol–water partition coefficient (Wildman–Crippen LogP) is 4.71. The molecule has 2 aromatic heterocycles. The van der Waals surface area contributed by atoms with Crippen LogP contribution in [-0.4, -0.2) is 33.8 Å². The van der Waals surface area contributed by atoms with Crippen molar-refractivity contribution in [2.24, 2.45) is 0 Å². The van der Waals surface area contributed by atoms with E-state index in [4.69, 9.17) is 4.98 Å². The van der Waals surface area contributed by atoms with E-state index in [0.717, 1.165) is 46.3 Å². The molecule has 0 unspecified atom stereocenters. The third-order valence-corrected chi connectivity index (χ3v) is 4.97. The van der Waals surface area contributed by atoms with Gasteiger partial charge in [-0.25, -0.2) is 9.37 Å². The Bertz CT molecular complexity index is 882. The topological polar surface area (TPSA) is 67.9 Å². The van der Waals surface area contributed by atoms with Crippen molar-refractivity contribution in [1.82, 2.24) is 15.0 Å². The number of thioether (sulfide) groups is 1. The van der Waals surface area contributed by atoms with E-state index in [2.05, 4.69) is 14.7 Å². The quantitative estimate of drug-likeness (QED) is 0.345. The van der Waals surface area contributed by atoms with Crippen molar-refractivity contribution >= 4 is 17.7 Å². The molecule has 1 aromatic carbocycles. The molecule has 2 heterocycles. The Morgan fingerprint density at radius 2 is 1.85 bits per heavy atom. The maximum absolute atomic E-state index is 13.3. The molecule has 140 valence electrons. The van der Waals surface area contributed by atoms with Gasteiger partial charge in [-0.05, 0) is 49.2 Å². The van der Waals surface area contributed by atoms with Crippen molar-refractivity contribution in [3.8, 4) is 22.5 Å². The van der Waals surface area contributed by atoms with Gasteiger partial charge in [0.1, 0.15) is 5.82 Å². The minimum absolute atomic E-state index is 0.184. The third kappa shape index (κ3) is 5.17. The number of aromatic amines is 1. The highest BCUT2D eigenvalue weighted by atomic mass is 32.2. The van der Waals surface area contributed by atoms with Gasteiger partial charge in [0.15, 0.2) is 5.16 Å². The van der Waals surface area contributed by atoms with Crippen molar-refractivity contribution in [3.05, 3.63) is 54.6 Å². The van der Waals surface area contributed by atoms with Gasteiger partial charge in [-0.3, -0.25) is 9.78 Å². The second kappa shape index (κ2) is 9.32. The third-order valence-electron chi connectivity index (χ3n) is 4.01. The number of carbonyl (C=O) groups excluding carboxylic acids is 1. The van der Waals surface area contributed by atoms with Gasteiger partial charge >= 0.3 is 5.97 Å². The van der Waals surface area contributed by atoms with Crippen LogP contribution in [0, 0.1) is 5.82 Å². The molecule has 0 aliphatic carbocycles. The van der Waals surface area contributed by atoms with Crippen molar-refractivity contribution in [3.63, 3.8) is 0 Å². The number of nitrogens with zero attached hydrogens (tertiary/aromatic N) is 2. The monoisotopic (exact) mass is 385 g/mol. The largest absolute Gasteiger partial charge is 0.469 e. The summed E-state index contributed by atoms with van der Waals surface area (Å²) in [5.74, 6) is 0.375. The predicted molar refractivity (Wildman–Crippen MR) is 104 cm³/mol. The number of hydrogen-bond acceptors (Lipinski definition) is 5. The highest BCUT2D eigenvalue weighted by Crippen LogP contribution is 2.32. The highest BCUT2D eigenvalue weighted by molar-refractivity contribution is 7.99. The number of rotatable bonds is 8. The molecule has 1 N–H and O–H groups in total. The SMILES string of the molecule is COC(=O)CCCCSc1nc(-c2ccc(F)cc2)c(-c2ccncc2)[nH]1. The number of ether oxygens (including phenoxy) is 1. The van der Waals surface area contributed by atoms with Crippen LogP contribution in [0.3, 0.4) is 0 Å². The molecule has 0 radical (unpaired) electrons. The fourth-order valence-corrected chi connectivity index (χ4v) is 3.48. The number of methoxy groups -OCH3 is 1. The van der Waals surface area contributed by atoms with Crippen molar-refractivity contribution in [2.45, 2.75) is 24.4 Å². The lowest BCUT2D eigenvalue weighted by molar-refractivity contribution is -0.140. The number of nitrogens with one attached hydrogen (secondary N) is 1. The van der Waals surface area contributed by atoms with Crippen LogP contribution in [0.25, 0.3) is 22.5 Å². The zero-order valence-corrected chi connectivity index (χ0v) is 15.8. The Hall–Kier alpha value is -2.67. The minimum atomic E-state index is -0.278. The number of halogens is 1. The smallest absolute Gasteiger partial charge is 0.305 e. The number of pyridine rings is 1. The molecule has 0 fully saturated rings. The number of hydrogen-bond donors (Lipinski definition) is 1. The average molecular weight is 385 g/mol. The van der Waals surface area contributed by atoms with Gasteiger partial charge in [-0.1, -0.05) is 11.8 Å².